The summed E-state index contributed by atoms with van der Waals surface area (Å²) in [5, 5.41) is 4.30. The van der Waals surface area contributed by atoms with Crippen LogP contribution in [0.2, 0.25) is 0 Å². The number of fused-ring (bicyclic) bond motifs is 1. The molecule has 2 aromatic heterocycles. The highest BCUT2D eigenvalue weighted by Crippen LogP contribution is 2.21. The zero-order chi connectivity index (χ0) is 15.0. The van der Waals surface area contributed by atoms with Gasteiger partial charge in [-0.3, -0.25) is 0 Å². The first-order valence-corrected chi connectivity index (χ1v) is 7.79. The van der Waals surface area contributed by atoms with Crippen molar-refractivity contribution in [3.05, 3.63) is 30.4 Å². The third-order valence-electron chi connectivity index (χ3n) is 2.98. The smallest absolute Gasteiger partial charge is 0.288 e. The van der Waals surface area contributed by atoms with Gasteiger partial charge in [0.25, 0.3) is 5.22 Å². The number of anilines is 1. The molecule has 110 valence electrons. The summed E-state index contributed by atoms with van der Waals surface area (Å²) in [6.45, 7) is 3.98. The SMILES string of the molecule is CC(C)n1ncnc1CS(=O)c1nc2cc(N)ccc2o1. The van der Waals surface area contributed by atoms with Gasteiger partial charge in [0.15, 0.2) is 5.58 Å². The predicted molar refractivity (Wildman–Crippen MR) is 78.9 cm³/mol. The Bertz CT molecular complexity index is 808. The topological polar surface area (TPSA) is 99.8 Å². The minimum absolute atomic E-state index is 0.155. The number of rotatable bonds is 4. The molecule has 0 saturated carbocycles. The molecule has 21 heavy (non-hydrogen) atoms. The van der Waals surface area contributed by atoms with Gasteiger partial charge in [-0.1, -0.05) is 0 Å². The van der Waals surface area contributed by atoms with Gasteiger partial charge in [-0.2, -0.15) is 5.10 Å². The Balaban J connectivity index is 1.88. The highest BCUT2D eigenvalue weighted by Gasteiger charge is 2.17. The van der Waals surface area contributed by atoms with Gasteiger partial charge in [0.05, 0.1) is 5.75 Å². The van der Waals surface area contributed by atoms with Gasteiger partial charge in [-0.15, -0.1) is 0 Å². The average molecular weight is 305 g/mol. The number of hydrogen-bond acceptors (Lipinski definition) is 6. The average Bonchev–Trinajstić information content (AvgIpc) is 3.04. The van der Waals surface area contributed by atoms with E-state index in [2.05, 4.69) is 15.1 Å². The number of aromatic nitrogens is 4. The Labute approximate surface area is 123 Å². The maximum absolute atomic E-state index is 12.4. The maximum atomic E-state index is 12.4. The Kier molecular flexibility index (Phi) is 3.46. The highest BCUT2D eigenvalue weighted by atomic mass is 32.2. The van der Waals surface area contributed by atoms with Gasteiger partial charge in [0.2, 0.25) is 0 Å². The molecule has 8 heteroatoms. The summed E-state index contributed by atoms with van der Waals surface area (Å²) in [5.74, 6) is 0.852. The van der Waals surface area contributed by atoms with Crippen molar-refractivity contribution in [2.75, 3.05) is 5.73 Å². The lowest BCUT2D eigenvalue weighted by atomic mass is 10.3. The number of nitrogens with two attached hydrogens (primary N) is 1. The van der Waals surface area contributed by atoms with Gasteiger partial charge in [-0.05, 0) is 32.0 Å². The van der Waals surface area contributed by atoms with E-state index in [1.807, 2.05) is 13.8 Å². The van der Waals surface area contributed by atoms with Gasteiger partial charge < -0.3 is 10.2 Å². The summed E-state index contributed by atoms with van der Waals surface area (Å²) in [6, 6.07) is 5.28. The lowest BCUT2D eigenvalue weighted by Crippen LogP contribution is -2.10. The first-order chi connectivity index (χ1) is 10.0. The van der Waals surface area contributed by atoms with E-state index in [4.69, 9.17) is 10.2 Å². The second kappa shape index (κ2) is 5.28. The van der Waals surface area contributed by atoms with E-state index >= 15 is 0 Å². The standard InChI is InChI=1S/C13H15N5O2S/c1-8(2)18-12(15-7-16-18)6-21(19)13-17-10-5-9(14)3-4-11(10)20-13/h3-5,7-8H,6,14H2,1-2H3. The largest absolute Gasteiger partial charge is 0.430 e. The summed E-state index contributed by atoms with van der Waals surface area (Å²) in [7, 11) is -1.42. The molecule has 0 radical (unpaired) electrons. The number of nitrogen functional groups attached to an aromatic ring is 1. The summed E-state index contributed by atoms with van der Waals surface area (Å²) >= 11 is 0. The maximum Gasteiger partial charge on any atom is 0.288 e. The van der Waals surface area contributed by atoms with Crippen molar-refractivity contribution in [3.63, 3.8) is 0 Å². The van der Waals surface area contributed by atoms with Crippen LogP contribution in [-0.4, -0.2) is 24.0 Å². The van der Waals surface area contributed by atoms with Crippen LogP contribution in [0.1, 0.15) is 25.7 Å². The number of hydrogen-bond donors (Lipinski definition) is 1. The van der Waals surface area contributed by atoms with Gasteiger partial charge in [0, 0.05) is 11.7 Å². The van der Waals surface area contributed by atoms with Gasteiger partial charge in [-0.25, -0.2) is 18.9 Å². The molecule has 0 aliphatic carbocycles. The van der Waals surface area contributed by atoms with Crippen LogP contribution in [0.5, 0.6) is 0 Å². The molecule has 0 amide bonds. The number of oxazole rings is 1. The third kappa shape index (κ3) is 2.66. The zero-order valence-corrected chi connectivity index (χ0v) is 12.5. The first kappa shape index (κ1) is 13.7. The Morgan fingerprint density at radius 1 is 1.43 bits per heavy atom. The van der Waals surface area contributed by atoms with Crippen molar-refractivity contribution < 1.29 is 8.63 Å². The van der Waals surface area contributed by atoms with Crippen LogP contribution in [0.25, 0.3) is 11.1 Å². The Morgan fingerprint density at radius 2 is 2.24 bits per heavy atom. The minimum atomic E-state index is -1.42. The number of nitrogens with zero attached hydrogens (tertiary/aromatic N) is 4. The molecule has 1 atom stereocenters. The van der Waals surface area contributed by atoms with E-state index in [1.165, 1.54) is 6.33 Å². The summed E-state index contributed by atoms with van der Waals surface area (Å²) in [5.41, 5.74) is 7.45. The van der Waals surface area contributed by atoms with Crippen LogP contribution in [0.15, 0.2) is 34.2 Å². The highest BCUT2D eigenvalue weighted by molar-refractivity contribution is 7.84. The molecule has 1 aromatic carbocycles. The minimum Gasteiger partial charge on any atom is -0.430 e. The molecule has 0 aliphatic heterocycles. The van der Waals surface area contributed by atoms with Gasteiger partial charge in [0.1, 0.15) is 28.5 Å². The van der Waals surface area contributed by atoms with Crippen LogP contribution in [-0.2, 0) is 16.6 Å². The molecule has 0 aliphatic rings. The third-order valence-corrected chi connectivity index (χ3v) is 4.07. The van der Waals surface area contributed by atoms with Crippen molar-refractivity contribution in [1.29, 1.82) is 0 Å². The quantitative estimate of drug-likeness (QED) is 0.739. The molecular formula is C13H15N5O2S. The van der Waals surface area contributed by atoms with Crippen molar-refractivity contribution in [2.24, 2.45) is 0 Å². The summed E-state index contributed by atoms with van der Waals surface area (Å²) in [6.07, 6.45) is 1.46. The second-order valence-electron chi connectivity index (χ2n) is 4.91. The molecule has 0 fully saturated rings. The molecule has 3 rings (SSSR count). The van der Waals surface area contributed by atoms with Crippen molar-refractivity contribution in [2.45, 2.75) is 30.9 Å². The molecule has 3 aromatic rings. The lowest BCUT2D eigenvalue weighted by molar-refractivity contribution is 0.475. The van der Waals surface area contributed by atoms with Crippen molar-refractivity contribution in [3.8, 4) is 0 Å². The summed E-state index contributed by atoms with van der Waals surface area (Å²) in [4.78, 5) is 8.36. The monoisotopic (exact) mass is 305 g/mol. The second-order valence-corrected chi connectivity index (χ2v) is 6.24. The van der Waals surface area contributed by atoms with E-state index in [0.29, 0.717) is 22.6 Å². The van der Waals surface area contributed by atoms with E-state index in [1.54, 1.807) is 22.9 Å². The van der Waals surface area contributed by atoms with E-state index in [0.717, 1.165) is 0 Å². The van der Waals surface area contributed by atoms with Crippen LogP contribution in [0.4, 0.5) is 5.69 Å². The fourth-order valence-electron chi connectivity index (χ4n) is 2.01. The first-order valence-electron chi connectivity index (χ1n) is 6.47. The normalized spacial score (nSPS) is 13.1. The van der Waals surface area contributed by atoms with Crippen LogP contribution in [0, 0.1) is 0 Å². The summed E-state index contributed by atoms with van der Waals surface area (Å²) < 4.78 is 19.6. The molecule has 1 unspecified atom stereocenters. The van der Waals surface area contributed by atoms with Crippen LogP contribution >= 0.6 is 0 Å². The van der Waals surface area contributed by atoms with E-state index < -0.39 is 10.8 Å². The van der Waals surface area contributed by atoms with E-state index in [9.17, 15) is 4.21 Å². The molecular weight excluding hydrogens is 290 g/mol. The molecule has 0 saturated heterocycles. The Morgan fingerprint density at radius 3 is 3.00 bits per heavy atom. The Hall–Kier alpha value is -2.22. The van der Waals surface area contributed by atoms with E-state index in [-0.39, 0.29) is 17.0 Å². The molecule has 0 bridgehead atoms. The van der Waals surface area contributed by atoms with Crippen molar-refractivity contribution in [1.82, 2.24) is 19.7 Å². The zero-order valence-electron chi connectivity index (χ0n) is 11.7. The van der Waals surface area contributed by atoms with Crippen LogP contribution < -0.4 is 5.73 Å². The fourth-order valence-corrected chi connectivity index (χ4v) is 2.96. The molecule has 2 heterocycles. The molecule has 0 spiro atoms. The molecule has 2 N–H and O–H groups in total. The van der Waals surface area contributed by atoms with Gasteiger partial charge >= 0.3 is 0 Å². The fraction of sp³-hybridized carbons (Fsp3) is 0.308. The van der Waals surface area contributed by atoms with Crippen LogP contribution in [0.3, 0.4) is 0 Å². The van der Waals surface area contributed by atoms with Crippen molar-refractivity contribution >= 4 is 27.6 Å². The predicted octanol–water partition coefficient (Wildman–Crippen LogP) is 1.89. The number of benzene rings is 1. The molecule has 7 nitrogen and oxygen atoms in total. The lowest BCUT2D eigenvalue weighted by Gasteiger charge is -2.07.